The summed E-state index contributed by atoms with van der Waals surface area (Å²) >= 11 is 0. The number of nitrogens with zero attached hydrogens (tertiary/aromatic N) is 1. The Balaban J connectivity index is 1.98. The third-order valence-corrected chi connectivity index (χ3v) is 4.26. The molecule has 0 saturated carbocycles. The Kier molecular flexibility index (Phi) is 1.86. The molecule has 2 unspecified atom stereocenters. The van der Waals surface area contributed by atoms with Gasteiger partial charge in [0.1, 0.15) is 0 Å². The molecule has 1 fully saturated rings. The lowest BCUT2D eigenvalue weighted by molar-refractivity contribution is 0.453. The number of nitrogens with one attached hydrogen (secondary N) is 1. The number of fused-ring (bicyclic) bond motifs is 6. The summed E-state index contributed by atoms with van der Waals surface area (Å²) in [4.78, 5) is 4.62. The van der Waals surface area contributed by atoms with Crippen LogP contribution in [-0.4, -0.2) is 18.1 Å². The van der Waals surface area contributed by atoms with Crippen LogP contribution in [0.3, 0.4) is 0 Å². The zero-order chi connectivity index (χ0) is 11.4. The summed E-state index contributed by atoms with van der Waals surface area (Å²) in [6, 6.07) is 9.08. The van der Waals surface area contributed by atoms with Gasteiger partial charge in [-0.2, -0.15) is 0 Å². The number of aryl methyl sites for hydroxylation is 1. The van der Waals surface area contributed by atoms with Crippen LogP contribution in [0.4, 0.5) is 0 Å². The van der Waals surface area contributed by atoms with Crippen molar-refractivity contribution in [3.63, 3.8) is 0 Å². The highest BCUT2D eigenvalue weighted by molar-refractivity contribution is 5.64. The molecule has 2 bridgehead atoms. The Morgan fingerprint density at radius 1 is 1.12 bits per heavy atom. The minimum Gasteiger partial charge on any atom is -0.316 e. The molecule has 4 aliphatic rings. The van der Waals surface area contributed by atoms with Gasteiger partial charge >= 0.3 is 0 Å². The topological polar surface area (TPSA) is 24.9 Å². The van der Waals surface area contributed by atoms with E-state index in [4.69, 9.17) is 0 Å². The van der Waals surface area contributed by atoms with Gasteiger partial charge in [0.15, 0.2) is 0 Å². The van der Waals surface area contributed by atoms with Crippen LogP contribution in [0, 0.1) is 6.92 Å². The van der Waals surface area contributed by atoms with Gasteiger partial charge in [0.05, 0.1) is 5.69 Å². The van der Waals surface area contributed by atoms with Crippen LogP contribution in [0.5, 0.6) is 0 Å². The van der Waals surface area contributed by atoms with E-state index in [-0.39, 0.29) is 0 Å². The molecule has 86 valence electrons. The van der Waals surface area contributed by atoms with E-state index in [0.717, 1.165) is 30.4 Å². The van der Waals surface area contributed by atoms with Crippen molar-refractivity contribution in [2.24, 2.45) is 0 Å². The fourth-order valence-electron chi connectivity index (χ4n) is 3.48. The highest BCUT2D eigenvalue weighted by Gasteiger charge is 2.33. The molecule has 2 aliphatic carbocycles. The average Bonchev–Trinajstić information content (AvgIpc) is 2.71. The molecule has 0 amide bonds. The molecule has 0 aromatic rings. The second-order valence-corrected chi connectivity index (χ2v) is 5.41. The van der Waals surface area contributed by atoms with E-state index in [0.29, 0.717) is 5.92 Å². The van der Waals surface area contributed by atoms with Crippen LogP contribution < -0.4 is 5.32 Å². The smallest absolute Gasteiger partial charge is 0.0708 e. The van der Waals surface area contributed by atoms with Gasteiger partial charge in [0, 0.05) is 24.3 Å². The number of hydrogen-bond donors (Lipinski definition) is 1. The minimum atomic E-state index is 0.705. The zero-order valence-corrected chi connectivity index (χ0v) is 10.0. The predicted molar refractivity (Wildman–Crippen MR) is 68.6 cm³/mol. The Morgan fingerprint density at radius 3 is 2.82 bits per heavy atom. The molecule has 1 saturated heterocycles. The SMILES string of the molecule is Cc1cc2ccc3c(cc-2n1)C1CNCC3C1. The second-order valence-electron chi connectivity index (χ2n) is 5.41. The molecule has 1 N–H and O–H groups in total. The average molecular weight is 224 g/mol. The van der Waals surface area contributed by atoms with E-state index < -0.39 is 0 Å². The van der Waals surface area contributed by atoms with Gasteiger partial charge in [-0.1, -0.05) is 12.1 Å². The molecule has 0 aromatic heterocycles. The van der Waals surface area contributed by atoms with Crippen LogP contribution in [-0.2, 0) is 0 Å². The molecule has 0 spiro atoms. The van der Waals surface area contributed by atoms with Gasteiger partial charge in [-0.3, -0.25) is 4.98 Å². The summed E-state index contributed by atoms with van der Waals surface area (Å²) in [6.07, 6.45) is 1.33. The summed E-state index contributed by atoms with van der Waals surface area (Å²) in [5.74, 6) is 1.43. The molecule has 2 nitrogen and oxygen atoms in total. The summed E-state index contributed by atoms with van der Waals surface area (Å²) < 4.78 is 0. The largest absolute Gasteiger partial charge is 0.316 e. The molecule has 4 rings (SSSR count). The van der Waals surface area contributed by atoms with Crippen molar-refractivity contribution in [3.05, 3.63) is 41.1 Å². The number of hydrogen-bond acceptors (Lipinski definition) is 2. The maximum atomic E-state index is 4.62. The first-order valence-electron chi connectivity index (χ1n) is 6.43. The fourth-order valence-corrected chi connectivity index (χ4v) is 3.48. The van der Waals surface area contributed by atoms with E-state index in [2.05, 4.69) is 41.5 Å². The normalized spacial score (nSPS) is 26.2. The summed E-state index contributed by atoms with van der Waals surface area (Å²) in [5.41, 5.74) is 6.65. The standard InChI is InChI=1S/C15H16N2/c1-9-4-10-2-3-13-11-5-12(8-16-7-11)14(13)6-15(10)17-9/h2-4,6,11-12,16H,5,7-8H2,1H3. The fraction of sp³-hybridized carbons (Fsp3) is 0.400. The van der Waals surface area contributed by atoms with Crippen molar-refractivity contribution in [1.29, 1.82) is 0 Å². The Bertz CT molecular complexity index is 561. The van der Waals surface area contributed by atoms with E-state index in [1.807, 2.05) is 0 Å². The first-order valence-corrected chi connectivity index (χ1v) is 6.43. The van der Waals surface area contributed by atoms with Crippen LogP contribution in [0.2, 0.25) is 0 Å². The minimum absolute atomic E-state index is 0.705. The van der Waals surface area contributed by atoms with Crippen molar-refractivity contribution < 1.29 is 0 Å². The molecule has 17 heavy (non-hydrogen) atoms. The van der Waals surface area contributed by atoms with Crippen LogP contribution in [0.15, 0.2) is 24.3 Å². The molecule has 0 radical (unpaired) electrons. The quantitative estimate of drug-likeness (QED) is 0.744. The zero-order valence-electron chi connectivity index (χ0n) is 10.0. The number of rotatable bonds is 0. The lowest BCUT2D eigenvalue weighted by Crippen LogP contribution is -2.28. The third-order valence-electron chi connectivity index (χ3n) is 4.26. The van der Waals surface area contributed by atoms with Crippen molar-refractivity contribution in [1.82, 2.24) is 10.3 Å². The molecular formula is C15H16N2. The van der Waals surface area contributed by atoms with Gasteiger partial charge in [-0.25, -0.2) is 0 Å². The van der Waals surface area contributed by atoms with Gasteiger partial charge in [-0.15, -0.1) is 0 Å². The van der Waals surface area contributed by atoms with Gasteiger partial charge in [0.2, 0.25) is 0 Å². The Hall–Kier alpha value is -1.41. The van der Waals surface area contributed by atoms with Gasteiger partial charge in [0.25, 0.3) is 0 Å². The summed E-state index contributed by atoms with van der Waals surface area (Å²) in [6.45, 7) is 4.35. The predicted octanol–water partition coefficient (Wildman–Crippen LogP) is 2.67. The second kappa shape index (κ2) is 3.30. The highest BCUT2D eigenvalue weighted by Crippen LogP contribution is 2.44. The van der Waals surface area contributed by atoms with E-state index in [9.17, 15) is 0 Å². The highest BCUT2D eigenvalue weighted by atomic mass is 14.9. The summed E-state index contributed by atoms with van der Waals surface area (Å²) in [5, 5.41) is 3.54. The van der Waals surface area contributed by atoms with Crippen molar-refractivity contribution >= 4 is 0 Å². The molecule has 2 atom stereocenters. The molecule has 0 aromatic carbocycles. The molecule has 2 heteroatoms. The van der Waals surface area contributed by atoms with Crippen LogP contribution in [0.1, 0.15) is 35.1 Å². The first kappa shape index (κ1) is 9.60. The van der Waals surface area contributed by atoms with E-state index in [1.54, 1.807) is 5.56 Å². The van der Waals surface area contributed by atoms with Crippen molar-refractivity contribution in [2.75, 3.05) is 13.1 Å². The van der Waals surface area contributed by atoms with Crippen molar-refractivity contribution in [3.8, 4) is 11.3 Å². The van der Waals surface area contributed by atoms with Gasteiger partial charge in [-0.05, 0) is 48.4 Å². The molecule has 2 heterocycles. The third kappa shape index (κ3) is 1.34. The number of aromatic nitrogens is 1. The Labute approximate surface area is 101 Å². The van der Waals surface area contributed by atoms with Crippen LogP contribution >= 0.6 is 0 Å². The number of piperidine rings is 1. The lowest BCUT2D eigenvalue weighted by atomic mass is 9.97. The molecule has 2 aliphatic heterocycles. The summed E-state index contributed by atoms with van der Waals surface area (Å²) in [7, 11) is 0. The molecular weight excluding hydrogens is 208 g/mol. The van der Waals surface area contributed by atoms with Crippen molar-refractivity contribution in [2.45, 2.75) is 25.2 Å². The maximum absolute atomic E-state index is 4.62. The van der Waals surface area contributed by atoms with Gasteiger partial charge < -0.3 is 5.32 Å². The first-order chi connectivity index (χ1) is 8.31. The van der Waals surface area contributed by atoms with E-state index >= 15 is 0 Å². The van der Waals surface area contributed by atoms with E-state index in [1.165, 1.54) is 17.5 Å². The van der Waals surface area contributed by atoms with Crippen LogP contribution in [0.25, 0.3) is 11.3 Å². The Morgan fingerprint density at radius 2 is 1.94 bits per heavy atom. The monoisotopic (exact) mass is 224 g/mol. The lowest BCUT2D eigenvalue weighted by Gasteiger charge is -2.20. The maximum Gasteiger partial charge on any atom is 0.0708 e.